The van der Waals surface area contributed by atoms with Gasteiger partial charge in [0.15, 0.2) is 0 Å². The van der Waals surface area contributed by atoms with Crippen molar-refractivity contribution in [2.24, 2.45) is 58.7 Å². The van der Waals surface area contributed by atoms with Crippen LogP contribution in [0.15, 0.2) is 0 Å². The van der Waals surface area contributed by atoms with Crippen LogP contribution in [0.2, 0.25) is 0 Å². The first kappa shape index (κ1) is 36.6. The first-order valence-corrected chi connectivity index (χ1v) is 18.8. The van der Waals surface area contributed by atoms with Crippen LogP contribution in [0.5, 0.6) is 0 Å². The van der Waals surface area contributed by atoms with Crippen molar-refractivity contribution in [3.63, 3.8) is 0 Å². The summed E-state index contributed by atoms with van der Waals surface area (Å²) in [6.45, 7) is 26.0. The number of hydrogen-bond acceptors (Lipinski definition) is 3. The van der Waals surface area contributed by atoms with Gasteiger partial charge in [-0.05, 0) is 124 Å². The lowest BCUT2D eigenvalue weighted by molar-refractivity contribution is -0.135. The van der Waals surface area contributed by atoms with Crippen LogP contribution in [0.4, 0.5) is 0 Å². The molecule has 4 fully saturated rings. The van der Waals surface area contributed by atoms with Crippen LogP contribution in [-0.2, 0) is 9.59 Å². The Hall–Kier alpha value is -0.900. The second-order valence-corrected chi connectivity index (χ2v) is 17.1. The molecule has 0 N–H and O–H groups in total. The van der Waals surface area contributed by atoms with Crippen molar-refractivity contribution >= 4 is 11.7 Å². The Morgan fingerprint density at radius 2 is 1.21 bits per heavy atom. The minimum absolute atomic E-state index is 0.234. The van der Waals surface area contributed by atoms with E-state index in [2.05, 4.69) is 65.2 Å². The lowest BCUT2D eigenvalue weighted by Crippen LogP contribution is -2.51. The SMILES string of the molecule is CC(C)C(=O)C1CCC(CC2CCC(C(C)C)CC2)CC1.CCC(=O)N1CCC(CN2CCC(C(C)C)CC2)C(C)(C)C1. The summed E-state index contributed by atoms with van der Waals surface area (Å²) in [5.74, 6) is 7.72. The van der Waals surface area contributed by atoms with E-state index in [1.807, 2.05) is 6.92 Å². The summed E-state index contributed by atoms with van der Waals surface area (Å²) in [7, 11) is 0. The summed E-state index contributed by atoms with van der Waals surface area (Å²) in [5.41, 5.74) is 0.248. The number of carbonyl (C=O) groups excluding carboxylic acids is 2. The molecule has 1 amide bonds. The summed E-state index contributed by atoms with van der Waals surface area (Å²) in [4.78, 5) is 28.8. The Balaban J connectivity index is 0.000000236. The second kappa shape index (κ2) is 17.1. The Morgan fingerprint density at radius 3 is 1.67 bits per heavy atom. The lowest BCUT2D eigenvalue weighted by atomic mass is 9.70. The van der Waals surface area contributed by atoms with Crippen LogP contribution in [0, 0.1) is 58.7 Å². The molecule has 0 spiro atoms. The Kier molecular flexibility index (Phi) is 14.6. The Labute approximate surface area is 267 Å². The molecule has 0 bridgehead atoms. The molecule has 0 aromatic heterocycles. The highest BCUT2D eigenvalue weighted by Crippen LogP contribution is 2.41. The molecule has 4 heteroatoms. The van der Waals surface area contributed by atoms with Gasteiger partial charge in [0.05, 0.1) is 0 Å². The minimum Gasteiger partial charge on any atom is -0.342 e. The van der Waals surface area contributed by atoms with E-state index in [1.54, 1.807) is 0 Å². The topological polar surface area (TPSA) is 40.6 Å². The zero-order valence-electron chi connectivity index (χ0n) is 30.1. The van der Waals surface area contributed by atoms with Crippen molar-refractivity contribution < 1.29 is 9.59 Å². The highest BCUT2D eigenvalue weighted by molar-refractivity contribution is 5.82. The van der Waals surface area contributed by atoms with Crippen LogP contribution in [-0.4, -0.2) is 54.2 Å². The molecular weight excluding hydrogens is 528 g/mol. The second-order valence-electron chi connectivity index (χ2n) is 17.1. The van der Waals surface area contributed by atoms with E-state index in [1.165, 1.54) is 96.7 Å². The lowest BCUT2D eigenvalue weighted by Gasteiger charge is -2.47. The molecule has 0 aromatic carbocycles. The molecule has 4 rings (SSSR count). The third-order valence-electron chi connectivity index (χ3n) is 12.5. The third kappa shape index (κ3) is 11.1. The van der Waals surface area contributed by atoms with E-state index in [4.69, 9.17) is 0 Å². The fraction of sp³-hybridized carbons (Fsp3) is 0.949. The first-order valence-electron chi connectivity index (χ1n) is 18.8. The largest absolute Gasteiger partial charge is 0.342 e. The molecule has 2 aliphatic carbocycles. The zero-order chi connectivity index (χ0) is 31.7. The fourth-order valence-electron chi connectivity index (χ4n) is 9.01. The highest BCUT2D eigenvalue weighted by Gasteiger charge is 2.38. The summed E-state index contributed by atoms with van der Waals surface area (Å²) < 4.78 is 0. The molecule has 0 aromatic rings. The van der Waals surface area contributed by atoms with E-state index < -0.39 is 0 Å². The van der Waals surface area contributed by atoms with Crippen molar-refractivity contribution in [3.8, 4) is 0 Å². The molecule has 43 heavy (non-hydrogen) atoms. The molecule has 1 unspecified atom stereocenters. The van der Waals surface area contributed by atoms with E-state index in [0.717, 1.165) is 54.5 Å². The van der Waals surface area contributed by atoms with E-state index in [0.29, 0.717) is 24.0 Å². The summed E-state index contributed by atoms with van der Waals surface area (Å²) >= 11 is 0. The van der Waals surface area contributed by atoms with Crippen molar-refractivity contribution in [3.05, 3.63) is 0 Å². The standard InChI is InChI=1S/C20H36O.C19H36N2O/c1-14(2)18-9-5-16(6-10-18)13-17-7-11-19(12-8-17)20(21)15(3)4;1-6-18(22)21-12-9-17(19(4,5)14-21)13-20-10-7-16(8-11-20)15(2)3/h14-19H,5-13H2,1-4H3;15-17H,6-14H2,1-5H3. The zero-order valence-corrected chi connectivity index (χ0v) is 30.1. The number of Topliss-reactive ketones (excluding diaryl/α,β-unsaturated/α-hetero) is 1. The van der Waals surface area contributed by atoms with Gasteiger partial charge in [0.25, 0.3) is 0 Å². The molecular formula is C39H72N2O2. The number of ketones is 1. The van der Waals surface area contributed by atoms with Gasteiger partial charge in [0.1, 0.15) is 5.78 Å². The highest BCUT2D eigenvalue weighted by atomic mass is 16.2. The van der Waals surface area contributed by atoms with Crippen molar-refractivity contribution in [1.82, 2.24) is 9.80 Å². The Bertz CT molecular complexity index is 824. The van der Waals surface area contributed by atoms with Gasteiger partial charge in [-0.1, -0.05) is 75.2 Å². The predicted molar refractivity (Wildman–Crippen MR) is 183 cm³/mol. The number of hydrogen-bond donors (Lipinski definition) is 0. The summed E-state index contributed by atoms with van der Waals surface area (Å²) in [6.07, 6.45) is 16.8. The van der Waals surface area contributed by atoms with Crippen LogP contribution in [0.25, 0.3) is 0 Å². The molecule has 2 saturated carbocycles. The molecule has 250 valence electrons. The van der Waals surface area contributed by atoms with Gasteiger partial charge in [-0.2, -0.15) is 0 Å². The van der Waals surface area contributed by atoms with Gasteiger partial charge in [-0.3, -0.25) is 9.59 Å². The number of likely N-dealkylation sites (tertiary alicyclic amines) is 2. The molecule has 2 aliphatic heterocycles. The predicted octanol–water partition coefficient (Wildman–Crippen LogP) is 9.51. The van der Waals surface area contributed by atoms with Crippen molar-refractivity contribution in [1.29, 1.82) is 0 Å². The number of rotatable bonds is 9. The number of nitrogens with zero attached hydrogens (tertiary/aromatic N) is 2. The summed E-state index contributed by atoms with van der Waals surface area (Å²) in [6, 6.07) is 0. The number of carbonyl (C=O) groups is 2. The van der Waals surface area contributed by atoms with Gasteiger partial charge in [-0.15, -0.1) is 0 Å². The van der Waals surface area contributed by atoms with Gasteiger partial charge < -0.3 is 9.80 Å². The average Bonchev–Trinajstić information content (AvgIpc) is 2.98. The first-order chi connectivity index (χ1) is 20.3. The van der Waals surface area contributed by atoms with Crippen LogP contribution < -0.4 is 0 Å². The number of amides is 1. The average molecular weight is 601 g/mol. The van der Waals surface area contributed by atoms with Crippen LogP contribution >= 0.6 is 0 Å². The van der Waals surface area contributed by atoms with E-state index in [-0.39, 0.29) is 11.3 Å². The fourth-order valence-corrected chi connectivity index (χ4v) is 9.01. The van der Waals surface area contributed by atoms with Gasteiger partial charge in [-0.25, -0.2) is 0 Å². The molecule has 4 nitrogen and oxygen atoms in total. The third-order valence-corrected chi connectivity index (χ3v) is 12.5. The molecule has 1 atom stereocenters. The summed E-state index contributed by atoms with van der Waals surface area (Å²) in [5, 5.41) is 0. The molecule has 4 aliphatic rings. The maximum atomic E-state index is 12.1. The molecule has 2 heterocycles. The normalized spacial score (nSPS) is 30.8. The monoisotopic (exact) mass is 601 g/mol. The quantitative estimate of drug-likeness (QED) is 0.265. The van der Waals surface area contributed by atoms with Crippen LogP contribution in [0.3, 0.4) is 0 Å². The van der Waals surface area contributed by atoms with Crippen LogP contribution in [0.1, 0.15) is 146 Å². The van der Waals surface area contributed by atoms with Crippen molar-refractivity contribution in [2.45, 2.75) is 146 Å². The van der Waals surface area contributed by atoms with E-state index >= 15 is 0 Å². The van der Waals surface area contributed by atoms with E-state index in [9.17, 15) is 9.59 Å². The molecule has 0 radical (unpaired) electrons. The van der Waals surface area contributed by atoms with Gasteiger partial charge >= 0.3 is 0 Å². The van der Waals surface area contributed by atoms with Gasteiger partial charge in [0.2, 0.25) is 5.91 Å². The smallest absolute Gasteiger partial charge is 0.222 e. The maximum Gasteiger partial charge on any atom is 0.222 e. The van der Waals surface area contributed by atoms with Gasteiger partial charge in [0, 0.05) is 37.9 Å². The molecule has 2 saturated heterocycles. The number of piperidine rings is 2. The maximum absolute atomic E-state index is 12.1. The Morgan fingerprint density at radius 1 is 0.698 bits per heavy atom. The minimum atomic E-state index is 0.234. The van der Waals surface area contributed by atoms with Crippen molar-refractivity contribution in [2.75, 3.05) is 32.7 Å².